The van der Waals surface area contributed by atoms with Gasteiger partial charge < -0.3 is 30.3 Å². The van der Waals surface area contributed by atoms with E-state index in [4.69, 9.17) is 9.47 Å². The molecule has 1 fully saturated rings. The van der Waals surface area contributed by atoms with E-state index in [0.29, 0.717) is 35.6 Å². The fourth-order valence-corrected chi connectivity index (χ4v) is 7.47. The fourth-order valence-electron chi connectivity index (χ4n) is 6.29. The zero-order valence-corrected chi connectivity index (χ0v) is 32.2. The Morgan fingerprint density at radius 1 is 0.981 bits per heavy atom. The number of carbonyl (C=O) groups is 4. The van der Waals surface area contributed by atoms with Crippen LogP contribution in [0.25, 0.3) is 0 Å². The van der Waals surface area contributed by atoms with Crippen LogP contribution in [0.3, 0.4) is 0 Å². The maximum atomic E-state index is 14.1. The molecule has 1 aliphatic carbocycles. The molecular formula is C38H51N7O8S. The zero-order valence-electron chi connectivity index (χ0n) is 31.4. The number of fused-ring (bicyclic) bond motifs is 17. The van der Waals surface area contributed by atoms with Gasteiger partial charge in [-0.05, 0) is 79.8 Å². The number of hydrogen-bond acceptors (Lipinski definition) is 9. The van der Waals surface area contributed by atoms with Gasteiger partial charge >= 0.3 is 0 Å². The van der Waals surface area contributed by atoms with E-state index in [1.807, 2.05) is 13.8 Å². The Kier molecular flexibility index (Phi) is 13.3. The van der Waals surface area contributed by atoms with Gasteiger partial charge in [0.05, 0.1) is 25.9 Å². The molecule has 4 atom stereocenters. The molecule has 15 nitrogen and oxygen atoms in total. The van der Waals surface area contributed by atoms with Gasteiger partial charge in [0, 0.05) is 26.2 Å². The highest BCUT2D eigenvalue weighted by atomic mass is 32.2. The van der Waals surface area contributed by atoms with E-state index in [2.05, 4.69) is 25.8 Å². The summed E-state index contributed by atoms with van der Waals surface area (Å²) >= 11 is 0. The standard InChI is InChI=1S/C38H51N7O8S/c1-24(2)16-29-23-53-31-14-10-27(11-15-31)18-34(43-54(50,51)32-19-39-44(4)21-32)37(48)42-33(17-26-8-12-30(52-5)13-9-26)36(47)40-25(3)38(49)45(20-28-6-7-28)22-35(46)41-29/h8-15,19,21,24-25,28-29,33-34,43H,6-7,16-18,20,22-23H2,1-5H3,(H,40,47)(H,41,46)(H,42,48)/t25-,29+,33+,34+/m1/s1. The number of aryl methyl sites for hydroxylation is 1. The molecule has 54 heavy (non-hydrogen) atoms. The van der Waals surface area contributed by atoms with E-state index in [1.165, 1.54) is 29.1 Å². The quantitative estimate of drug-likeness (QED) is 0.223. The van der Waals surface area contributed by atoms with Crippen LogP contribution in [0.4, 0.5) is 0 Å². The first-order valence-electron chi connectivity index (χ1n) is 18.2. The Morgan fingerprint density at radius 3 is 2.30 bits per heavy atom. The van der Waals surface area contributed by atoms with Crippen LogP contribution in [0.15, 0.2) is 65.8 Å². The van der Waals surface area contributed by atoms with E-state index < -0.39 is 45.9 Å². The predicted octanol–water partition coefficient (Wildman–Crippen LogP) is 1.71. The second kappa shape index (κ2) is 17.9. The van der Waals surface area contributed by atoms with Crippen molar-refractivity contribution in [3.05, 3.63) is 72.1 Å². The summed E-state index contributed by atoms with van der Waals surface area (Å²) in [4.78, 5) is 56.8. The largest absolute Gasteiger partial charge is 0.497 e. The van der Waals surface area contributed by atoms with Crippen molar-refractivity contribution >= 4 is 33.7 Å². The van der Waals surface area contributed by atoms with Crippen LogP contribution in [0.2, 0.25) is 0 Å². The Labute approximate surface area is 316 Å². The topological polar surface area (TPSA) is 190 Å². The summed E-state index contributed by atoms with van der Waals surface area (Å²) in [5.74, 6) is -0.550. The molecule has 4 amide bonds. The van der Waals surface area contributed by atoms with Crippen molar-refractivity contribution in [3.8, 4) is 11.5 Å². The molecule has 0 spiro atoms. The lowest BCUT2D eigenvalue weighted by Crippen LogP contribution is -2.58. The van der Waals surface area contributed by atoms with Crippen LogP contribution >= 0.6 is 0 Å². The van der Waals surface area contributed by atoms with Crippen LogP contribution in [-0.2, 0) is 49.1 Å². The number of benzene rings is 2. The van der Waals surface area contributed by atoms with Crippen LogP contribution in [-0.4, -0.2) is 97.7 Å². The van der Waals surface area contributed by atoms with Crippen molar-refractivity contribution in [2.45, 2.75) is 81.9 Å². The van der Waals surface area contributed by atoms with Crippen molar-refractivity contribution < 1.29 is 37.1 Å². The Hall–Kier alpha value is -4.96. The van der Waals surface area contributed by atoms with Crippen LogP contribution < -0.4 is 30.1 Å². The second-order valence-electron chi connectivity index (χ2n) is 14.6. The predicted molar refractivity (Wildman–Crippen MR) is 200 cm³/mol. The lowest BCUT2D eigenvalue weighted by molar-refractivity contribution is -0.140. The minimum absolute atomic E-state index is 0.0159. The Balaban J connectivity index is 1.49. The SMILES string of the molecule is COc1ccc(C[C@@H]2NC(=O)[C@@H](NS(=O)(=O)c3cnn(C)c3)Cc3ccc(cc3)OC[C@H](CC(C)C)NC(=O)CN(CC3CC3)C(=O)[C@@H](C)NC2=O)cc1. The maximum Gasteiger partial charge on any atom is 0.245 e. The van der Waals surface area contributed by atoms with Crippen molar-refractivity contribution in [1.82, 2.24) is 35.4 Å². The summed E-state index contributed by atoms with van der Waals surface area (Å²) < 4.78 is 42.2. The number of aromatic nitrogens is 2. The number of carbonyl (C=O) groups excluding carboxylic acids is 4. The van der Waals surface area contributed by atoms with E-state index in [-0.39, 0.29) is 54.7 Å². The highest BCUT2D eigenvalue weighted by Crippen LogP contribution is 2.30. The third kappa shape index (κ3) is 11.5. The first-order chi connectivity index (χ1) is 25.7. The van der Waals surface area contributed by atoms with Gasteiger partial charge in [0.1, 0.15) is 41.1 Å². The summed E-state index contributed by atoms with van der Waals surface area (Å²) in [6.45, 7) is 5.99. The Morgan fingerprint density at radius 2 is 1.69 bits per heavy atom. The summed E-state index contributed by atoms with van der Waals surface area (Å²) in [6, 6.07) is 9.87. The number of sulfonamides is 1. The van der Waals surface area contributed by atoms with Gasteiger partial charge in [0.15, 0.2) is 0 Å². The molecule has 6 rings (SSSR count). The van der Waals surface area contributed by atoms with Crippen LogP contribution in [0, 0.1) is 11.8 Å². The Bertz CT molecular complexity index is 1880. The molecule has 0 saturated heterocycles. The molecule has 2 aromatic carbocycles. The minimum Gasteiger partial charge on any atom is -0.497 e. The van der Waals surface area contributed by atoms with Crippen LogP contribution in [0.1, 0.15) is 51.2 Å². The summed E-state index contributed by atoms with van der Waals surface area (Å²) in [6.07, 6.45) is 4.96. The van der Waals surface area contributed by atoms with Crippen molar-refractivity contribution in [2.75, 3.05) is 26.8 Å². The smallest absolute Gasteiger partial charge is 0.245 e. The molecule has 1 aromatic heterocycles. The van der Waals surface area contributed by atoms with Crippen molar-refractivity contribution in [3.63, 3.8) is 0 Å². The van der Waals surface area contributed by atoms with E-state index in [1.54, 1.807) is 62.5 Å². The molecule has 3 aliphatic rings. The second-order valence-corrected chi connectivity index (χ2v) is 16.3. The average molecular weight is 766 g/mol. The van der Waals surface area contributed by atoms with Gasteiger partial charge in [0.2, 0.25) is 33.7 Å². The number of methoxy groups -OCH3 is 1. The monoisotopic (exact) mass is 765 g/mol. The number of amides is 4. The first kappa shape index (κ1) is 40.2. The maximum absolute atomic E-state index is 14.1. The van der Waals surface area contributed by atoms with Gasteiger partial charge in [-0.15, -0.1) is 0 Å². The molecule has 16 heteroatoms. The van der Waals surface area contributed by atoms with Crippen LogP contribution in [0.5, 0.6) is 11.5 Å². The summed E-state index contributed by atoms with van der Waals surface area (Å²) in [7, 11) is -1.12. The molecule has 292 valence electrons. The lowest BCUT2D eigenvalue weighted by atomic mass is 10.0. The van der Waals surface area contributed by atoms with E-state index in [0.717, 1.165) is 12.8 Å². The highest BCUT2D eigenvalue weighted by Gasteiger charge is 2.34. The highest BCUT2D eigenvalue weighted by molar-refractivity contribution is 7.89. The zero-order chi connectivity index (χ0) is 39.0. The summed E-state index contributed by atoms with van der Waals surface area (Å²) in [5, 5.41) is 12.5. The molecule has 2 bridgehead atoms. The van der Waals surface area contributed by atoms with E-state index >= 15 is 0 Å². The molecular weight excluding hydrogens is 715 g/mol. The molecule has 3 heterocycles. The first-order valence-corrected chi connectivity index (χ1v) is 19.7. The van der Waals surface area contributed by atoms with Gasteiger partial charge in [-0.1, -0.05) is 38.1 Å². The normalized spacial score (nSPS) is 22.3. The third-order valence-electron chi connectivity index (χ3n) is 9.32. The van der Waals surface area contributed by atoms with Crippen molar-refractivity contribution in [1.29, 1.82) is 0 Å². The number of nitrogens with one attached hydrogen (secondary N) is 4. The number of nitrogens with zero attached hydrogens (tertiary/aromatic N) is 3. The molecule has 1 saturated carbocycles. The van der Waals surface area contributed by atoms with E-state index in [9.17, 15) is 27.6 Å². The molecule has 2 aliphatic heterocycles. The third-order valence-corrected chi connectivity index (χ3v) is 10.7. The molecule has 0 radical (unpaired) electrons. The average Bonchev–Trinajstić information content (AvgIpc) is 3.84. The molecule has 0 unspecified atom stereocenters. The van der Waals surface area contributed by atoms with Gasteiger partial charge in [-0.2, -0.15) is 9.82 Å². The molecule has 4 N–H and O–H groups in total. The fraction of sp³-hybridized carbons (Fsp3) is 0.500. The number of rotatable bonds is 10. The molecule has 3 aromatic rings. The number of ether oxygens (including phenoxy) is 2. The van der Waals surface area contributed by atoms with Crippen molar-refractivity contribution in [2.24, 2.45) is 18.9 Å². The van der Waals surface area contributed by atoms with Gasteiger partial charge in [0.25, 0.3) is 0 Å². The summed E-state index contributed by atoms with van der Waals surface area (Å²) in [5.41, 5.74) is 1.29. The lowest BCUT2D eigenvalue weighted by Gasteiger charge is -2.29. The number of hydrogen-bond donors (Lipinski definition) is 4. The minimum atomic E-state index is -4.23. The van der Waals surface area contributed by atoms with Gasteiger partial charge in [-0.25, -0.2) is 8.42 Å². The van der Waals surface area contributed by atoms with Gasteiger partial charge in [-0.3, -0.25) is 23.9 Å².